The van der Waals surface area contributed by atoms with E-state index in [1.165, 1.54) is 12.4 Å². The van der Waals surface area contributed by atoms with Crippen molar-refractivity contribution >= 4 is 11.8 Å². The van der Waals surface area contributed by atoms with Crippen molar-refractivity contribution in [2.24, 2.45) is 0 Å². The number of carbonyl (C=O) groups excluding carboxylic acids is 2. The van der Waals surface area contributed by atoms with Crippen LogP contribution in [0.1, 0.15) is 37.0 Å². The Morgan fingerprint density at radius 3 is 2.39 bits per heavy atom. The predicted octanol–water partition coefficient (Wildman–Crippen LogP) is 0.430. The molecule has 0 radical (unpaired) electrons. The molecule has 6 heteroatoms. The average molecular weight is 250 g/mol. The first kappa shape index (κ1) is 14.1. The van der Waals surface area contributed by atoms with Crippen molar-refractivity contribution in [2.75, 3.05) is 6.54 Å². The van der Waals surface area contributed by atoms with Crippen LogP contribution in [0.4, 0.5) is 0 Å². The molecule has 98 valence electrons. The highest BCUT2D eigenvalue weighted by Crippen LogP contribution is 1.97. The summed E-state index contributed by atoms with van der Waals surface area (Å²) < 4.78 is 0. The molecule has 0 aliphatic carbocycles. The third kappa shape index (κ3) is 4.90. The van der Waals surface area contributed by atoms with Crippen LogP contribution >= 0.6 is 0 Å². The molecule has 1 heterocycles. The summed E-state index contributed by atoms with van der Waals surface area (Å²) in [6.07, 6.45) is 2.89. The van der Waals surface area contributed by atoms with E-state index in [2.05, 4.69) is 20.6 Å². The zero-order valence-electron chi connectivity index (χ0n) is 11.1. The molecule has 0 aliphatic rings. The molecule has 0 unspecified atom stereocenters. The Morgan fingerprint density at radius 2 is 1.89 bits per heavy atom. The molecule has 1 aromatic heterocycles. The van der Waals surface area contributed by atoms with Gasteiger partial charge in [-0.25, -0.2) is 4.98 Å². The van der Waals surface area contributed by atoms with E-state index in [1.807, 2.05) is 20.8 Å². The lowest BCUT2D eigenvalue weighted by Gasteiger charge is -2.20. The Bertz CT molecular complexity index is 434. The lowest BCUT2D eigenvalue weighted by atomic mass is 10.1. The van der Waals surface area contributed by atoms with Gasteiger partial charge in [0.05, 0.1) is 18.4 Å². The van der Waals surface area contributed by atoms with Gasteiger partial charge in [0, 0.05) is 11.7 Å². The molecular formula is C12H18N4O2. The van der Waals surface area contributed by atoms with Crippen LogP contribution < -0.4 is 10.6 Å². The van der Waals surface area contributed by atoms with Crippen LogP contribution in [-0.4, -0.2) is 33.9 Å². The zero-order valence-corrected chi connectivity index (χ0v) is 11.1. The molecule has 2 N–H and O–H groups in total. The average Bonchev–Trinajstić information content (AvgIpc) is 2.24. The van der Waals surface area contributed by atoms with Crippen molar-refractivity contribution in [1.82, 2.24) is 20.6 Å². The number of hydrogen-bond acceptors (Lipinski definition) is 4. The van der Waals surface area contributed by atoms with Gasteiger partial charge in [-0.2, -0.15) is 0 Å². The smallest absolute Gasteiger partial charge is 0.271 e. The lowest BCUT2D eigenvalue weighted by molar-refractivity contribution is -0.121. The van der Waals surface area contributed by atoms with E-state index in [9.17, 15) is 9.59 Å². The van der Waals surface area contributed by atoms with Crippen LogP contribution in [0.3, 0.4) is 0 Å². The Morgan fingerprint density at radius 1 is 1.22 bits per heavy atom. The maximum Gasteiger partial charge on any atom is 0.271 e. The lowest BCUT2D eigenvalue weighted by Crippen LogP contribution is -2.45. The van der Waals surface area contributed by atoms with Crippen LogP contribution in [0.25, 0.3) is 0 Å². The van der Waals surface area contributed by atoms with Gasteiger partial charge in [-0.05, 0) is 27.7 Å². The molecule has 0 aliphatic heterocycles. The Kier molecular flexibility index (Phi) is 4.36. The largest absolute Gasteiger partial charge is 0.350 e. The Hall–Kier alpha value is -1.98. The Balaban J connectivity index is 2.47. The van der Waals surface area contributed by atoms with E-state index >= 15 is 0 Å². The monoisotopic (exact) mass is 250 g/mol. The normalized spacial score (nSPS) is 10.9. The second-order valence-corrected chi connectivity index (χ2v) is 5.02. The van der Waals surface area contributed by atoms with Crippen LogP contribution in [0.15, 0.2) is 12.4 Å². The maximum atomic E-state index is 11.6. The minimum absolute atomic E-state index is 0.0777. The van der Waals surface area contributed by atoms with Gasteiger partial charge in [-0.15, -0.1) is 0 Å². The fraction of sp³-hybridized carbons (Fsp3) is 0.500. The molecule has 0 bridgehead atoms. The summed E-state index contributed by atoms with van der Waals surface area (Å²) in [5.41, 5.74) is 0.618. The number of carbonyl (C=O) groups is 2. The van der Waals surface area contributed by atoms with Gasteiger partial charge in [-0.3, -0.25) is 14.6 Å². The van der Waals surface area contributed by atoms with Crippen LogP contribution in [0.5, 0.6) is 0 Å². The van der Waals surface area contributed by atoms with Gasteiger partial charge >= 0.3 is 0 Å². The molecule has 1 aromatic rings. The molecule has 0 spiro atoms. The van der Waals surface area contributed by atoms with Crippen LogP contribution in [0, 0.1) is 6.92 Å². The summed E-state index contributed by atoms with van der Waals surface area (Å²) in [5.74, 6) is -0.650. The summed E-state index contributed by atoms with van der Waals surface area (Å²) >= 11 is 0. The first-order chi connectivity index (χ1) is 8.28. The third-order valence-corrected chi connectivity index (χ3v) is 1.94. The summed E-state index contributed by atoms with van der Waals surface area (Å²) in [6, 6.07) is 0. The second-order valence-electron chi connectivity index (χ2n) is 5.02. The number of nitrogens with zero attached hydrogens (tertiary/aromatic N) is 2. The highest BCUT2D eigenvalue weighted by atomic mass is 16.2. The molecule has 18 heavy (non-hydrogen) atoms. The van der Waals surface area contributed by atoms with Gasteiger partial charge in [0.25, 0.3) is 5.91 Å². The highest BCUT2D eigenvalue weighted by molar-refractivity contribution is 5.94. The fourth-order valence-corrected chi connectivity index (χ4v) is 1.22. The van der Waals surface area contributed by atoms with Crippen molar-refractivity contribution in [3.8, 4) is 0 Å². The summed E-state index contributed by atoms with van der Waals surface area (Å²) in [7, 11) is 0. The zero-order chi connectivity index (χ0) is 13.8. The molecule has 0 aromatic carbocycles. The van der Waals surface area contributed by atoms with Gasteiger partial charge in [0.15, 0.2) is 0 Å². The van der Waals surface area contributed by atoms with E-state index in [0.717, 1.165) is 5.69 Å². The number of amides is 2. The SMILES string of the molecule is Cc1cnc(C(=O)NCC(=O)NC(C)(C)C)cn1. The molecule has 0 saturated carbocycles. The third-order valence-electron chi connectivity index (χ3n) is 1.94. The maximum absolute atomic E-state index is 11.6. The standard InChI is InChI=1S/C12H18N4O2/c1-8-5-14-9(6-13-8)11(18)15-7-10(17)16-12(2,3)4/h5-6H,7H2,1-4H3,(H,15,18)(H,16,17). The van der Waals surface area contributed by atoms with Crippen molar-refractivity contribution in [2.45, 2.75) is 33.2 Å². The molecule has 0 atom stereocenters. The molecular weight excluding hydrogens is 232 g/mol. The van der Waals surface area contributed by atoms with Gasteiger partial charge in [0.1, 0.15) is 5.69 Å². The quantitative estimate of drug-likeness (QED) is 0.814. The number of nitrogens with one attached hydrogen (secondary N) is 2. The molecule has 0 fully saturated rings. The molecule has 0 saturated heterocycles. The minimum atomic E-state index is -0.411. The Labute approximate surface area is 106 Å². The second kappa shape index (κ2) is 5.57. The van der Waals surface area contributed by atoms with Crippen molar-refractivity contribution in [1.29, 1.82) is 0 Å². The topological polar surface area (TPSA) is 84.0 Å². The van der Waals surface area contributed by atoms with Gasteiger partial charge < -0.3 is 10.6 Å². The number of aryl methyl sites for hydroxylation is 1. The van der Waals surface area contributed by atoms with E-state index < -0.39 is 5.91 Å². The van der Waals surface area contributed by atoms with Crippen LogP contribution in [-0.2, 0) is 4.79 Å². The van der Waals surface area contributed by atoms with Crippen LogP contribution in [0.2, 0.25) is 0 Å². The molecule has 6 nitrogen and oxygen atoms in total. The van der Waals surface area contributed by atoms with E-state index in [4.69, 9.17) is 0 Å². The van der Waals surface area contributed by atoms with E-state index in [0.29, 0.717) is 0 Å². The predicted molar refractivity (Wildman–Crippen MR) is 67.0 cm³/mol. The summed E-state index contributed by atoms with van der Waals surface area (Å²) in [6.45, 7) is 7.33. The minimum Gasteiger partial charge on any atom is -0.350 e. The van der Waals surface area contributed by atoms with E-state index in [1.54, 1.807) is 6.92 Å². The molecule has 1 rings (SSSR count). The van der Waals surface area contributed by atoms with Crippen molar-refractivity contribution in [3.63, 3.8) is 0 Å². The van der Waals surface area contributed by atoms with Crippen molar-refractivity contribution < 1.29 is 9.59 Å². The van der Waals surface area contributed by atoms with E-state index in [-0.39, 0.29) is 23.7 Å². The molecule has 2 amide bonds. The highest BCUT2D eigenvalue weighted by Gasteiger charge is 2.15. The van der Waals surface area contributed by atoms with Gasteiger partial charge in [-0.1, -0.05) is 0 Å². The number of hydrogen-bond donors (Lipinski definition) is 2. The first-order valence-electron chi connectivity index (χ1n) is 5.66. The first-order valence-corrected chi connectivity index (χ1v) is 5.66. The number of aromatic nitrogens is 2. The van der Waals surface area contributed by atoms with Crippen molar-refractivity contribution in [3.05, 3.63) is 23.8 Å². The summed E-state index contributed by atoms with van der Waals surface area (Å²) in [5, 5.41) is 5.23. The number of rotatable bonds is 3. The summed E-state index contributed by atoms with van der Waals surface area (Å²) in [4.78, 5) is 31.0. The fourth-order valence-electron chi connectivity index (χ4n) is 1.22. The van der Waals surface area contributed by atoms with Gasteiger partial charge in [0.2, 0.25) is 5.91 Å².